The minimum Gasteiger partial charge on any atom is -0.316 e. The van der Waals surface area contributed by atoms with Crippen molar-refractivity contribution in [3.63, 3.8) is 0 Å². The summed E-state index contributed by atoms with van der Waals surface area (Å²) in [6.07, 6.45) is 2.19. The van der Waals surface area contributed by atoms with Crippen LogP contribution in [0.2, 0.25) is 0 Å². The Morgan fingerprint density at radius 2 is 1.15 bits per heavy atom. The predicted octanol–water partition coefficient (Wildman–Crippen LogP) is 11.8. The minimum absolute atomic E-state index is 0.910. The van der Waals surface area contributed by atoms with Gasteiger partial charge < -0.3 is 4.57 Å². The van der Waals surface area contributed by atoms with Gasteiger partial charge in [-0.15, -0.1) is 11.3 Å². The van der Waals surface area contributed by atoms with E-state index in [-0.39, 0.29) is 0 Å². The van der Waals surface area contributed by atoms with Crippen molar-refractivity contribution in [1.29, 1.82) is 0 Å². The quantitative estimate of drug-likeness (QED) is 0.193. The first kappa shape index (κ1) is 26.3. The molecule has 0 saturated heterocycles. The van der Waals surface area contributed by atoms with Crippen LogP contribution in [0.4, 0.5) is 0 Å². The van der Waals surface area contributed by atoms with Crippen LogP contribution in [0.3, 0.4) is 0 Å². The van der Waals surface area contributed by atoms with E-state index >= 15 is 0 Å². The molecule has 3 nitrogen and oxygen atoms in total. The molecule has 0 aliphatic rings. The van der Waals surface area contributed by atoms with Crippen molar-refractivity contribution in [2.75, 3.05) is 0 Å². The van der Waals surface area contributed by atoms with E-state index in [0.717, 1.165) is 28.3 Å². The SMILES string of the molecule is c1ccc(-c2cc(-c3ccccc3)nc(-n3c4c(ccc5c4ccn5-c4ccccc4)c4ccc5sc6ccccc6c5c43)c2)cc1. The Kier molecular flexibility index (Phi) is 5.74. The molecule has 0 bridgehead atoms. The molecular formula is C43H27N3S. The summed E-state index contributed by atoms with van der Waals surface area (Å²) in [6.45, 7) is 0. The Bertz CT molecular complexity index is 2710. The smallest absolute Gasteiger partial charge is 0.138 e. The Morgan fingerprint density at radius 1 is 0.468 bits per heavy atom. The maximum Gasteiger partial charge on any atom is 0.138 e. The average Bonchev–Trinajstić information content (AvgIpc) is 3.84. The number of pyridine rings is 1. The predicted molar refractivity (Wildman–Crippen MR) is 199 cm³/mol. The summed E-state index contributed by atoms with van der Waals surface area (Å²) in [5.41, 5.74) is 9.04. The van der Waals surface area contributed by atoms with Crippen LogP contribution in [0.5, 0.6) is 0 Å². The number of para-hydroxylation sites is 1. The Labute approximate surface area is 275 Å². The highest BCUT2D eigenvalue weighted by molar-refractivity contribution is 7.26. The first-order valence-corrected chi connectivity index (χ1v) is 16.7. The zero-order valence-electron chi connectivity index (χ0n) is 25.3. The van der Waals surface area contributed by atoms with E-state index in [1.54, 1.807) is 0 Å². The number of thiophene rings is 1. The molecule has 0 spiro atoms. The summed E-state index contributed by atoms with van der Waals surface area (Å²) in [7, 11) is 0. The fourth-order valence-electron chi connectivity index (χ4n) is 7.25. The number of rotatable bonds is 4. The third-order valence-corrected chi connectivity index (χ3v) is 10.5. The molecule has 4 heteroatoms. The van der Waals surface area contributed by atoms with E-state index in [1.165, 1.54) is 58.4 Å². The van der Waals surface area contributed by atoms with Crippen molar-refractivity contribution in [3.8, 4) is 33.9 Å². The number of benzene rings is 6. The molecule has 0 N–H and O–H groups in total. The maximum atomic E-state index is 5.47. The second-order valence-electron chi connectivity index (χ2n) is 12.0. The lowest BCUT2D eigenvalue weighted by molar-refractivity contribution is 1.09. The van der Waals surface area contributed by atoms with Gasteiger partial charge in [-0.25, -0.2) is 4.98 Å². The Hall–Kier alpha value is -5.97. The van der Waals surface area contributed by atoms with Crippen LogP contribution in [0.15, 0.2) is 164 Å². The fourth-order valence-corrected chi connectivity index (χ4v) is 8.36. The number of hydrogen-bond acceptors (Lipinski definition) is 2. The lowest BCUT2D eigenvalue weighted by atomic mass is 10.0. The van der Waals surface area contributed by atoms with E-state index < -0.39 is 0 Å². The lowest BCUT2D eigenvalue weighted by Gasteiger charge is -2.14. The molecule has 6 aromatic carbocycles. The van der Waals surface area contributed by atoms with Crippen LogP contribution < -0.4 is 0 Å². The zero-order valence-corrected chi connectivity index (χ0v) is 26.2. The molecular weight excluding hydrogens is 591 g/mol. The van der Waals surface area contributed by atoms with Gasteiger partial charge in [-0.3, -0.25) is 4.57 Å². The van der Waals surface area contributed by atoms with Crippen molar-refractivity contribution in [2.45, 2.75) is 0 Å². The van der Waals surface area contributed by atoms with Crippen LogP contribution in [0.1, 0.15) is 0 Å². The molecule has 0 aliphatic heterocycles. The molecule has 0 aliphatic carbocycles. The van der Waals surface area contributed by atoms with Gasteiger partial charge in [0.1, 0.15) is 5.82 Å². The van der Waals surface area contributed by atoms with E-state index in [2.05, 4.69) is 173 Å². The van der Waals surface area contributed by atoms with Crippen LogP contribution in [0, 0.1) is 0 Å². The molecule has 220 valence electrons. The highest BCUT2D eigenvalue weighted by Crippen LogP contribution is 2.45. The van der Waals surface area contributed by atoms with Crippen LogP contribution in [-0.4, -0.2) is 14.1 Å². The van der Waals surface area contributed by atoms with E-state index in [9.17, 15) is 0 Å². The normalized spacial score (nSPS) is 11.8. The average molecular weight is 618 g/mol. The maximum absolute atomic E-state index is 5.47. The first-order valence-electron chi connectivity index (χ1n) is 15.9. The molecule has 4 aromatic heterocycles. The van der Waals surface area contributed by atoms with E-state index in [0.29, 0.717) is 0 Å². The first-order chi connectivity index (χ1) is 23.3. The molecule has 0 amide bonds. The van der Waals surface area contributed by atoms with E-state index in [4.69, 9.17) is 4.98 Å². The van der Waals surface area contributed by atoms with Gasteiger partial charge in [0.15, 0.2) is 0 Å². The van der Waals surface area contributed by atoms with Crippen LogP contribution >= 0.6 is 11.3 Å². The van der Waals surface area contributed by atoms with Gasteiger partial charge in [-0.05, 0) is 59.7 Å². The largest absolute Gasteiger partial charge is 0.316 e. The molecule has 10 aromatic rings. The number of fused-ring (bicyclic) bond motifs is 9. The highest BCUT2D eigenvalue weighted by Gasteiger charge is 2.22. The molecule has 0 fully saturated rings. The van der Waals surface area contributed by atoms with Crippen LogP contribution in [-0.2, 0) is 0 Å². The Morgan fingerprint density at radius 3 is 1.96 bits per heavy atom. The summed E-state index contributed by atoms with van der Waals surface area (Å²) >= 11 is 1.86. The second-order valence-corrected chi connectivity index (χ2v) is 13.1. The van der Waals surface area contributed by atoms with Crippen molar-refractivity contribution in [2.24, 2.45) is 0 Å². The van der Waals surface area contributed by atoms with Crippen LogP contribution in [0.25, 0.3) is 86.8 Å². The van der Waals surface area contributed by atoms with Crippen molar-refractivity contribution in [1.82, 2.24) is 14.1 Å². The third kappa shape index (κ3) is 4.02. The number of aromatic nitrogens is 3. The summed E-state index contributed by atoms with van der Waals surface area (Å²) in [5, 5.41) is 6.22. The number of hydrogen-bond donors (Lipinski definition) is 0. The molecule has 0 saturated carbocycles. The van der Waals surface area contributed by atoms with Gasteiger partial charge in [0.25, 0.3) is 0 Å². The van der Waals surface area contributed by atoms with Gasteiger partial charge in [0.05, 0.1) is 22.2 Å². The van der Waals surface area contributed by atoms with Crippen molar-refractivity contribution < 1.29 is 0 Å². The summed E-state index contributed by atoms with van der Waals surface area (Å²) in [6, 6.07) is 56.5. The highest BCUT2D eigenvalue weighted by atomic mass is 32.1. The summed E-state index contributed by atoms with van der Waals surface area (Å²) in [4.78, 5) is 5.47. The minimum atomic E-state index is 0.910. The van der Waals surface area contributed by atoms with Gasteiger partial charge >= 0.3 is 0 Å². The number of nitrogens with zero attached hydrogens (tertiary/aromatic N) is 3. The van der Waals surface area contributed by atoms with Gasteiger partial charge in [0.2, 0.25) is 0 Å². The summed E-state index contributed by atoms with van der Waals surface area (Å²) < 4.78 is 7.31. The van der Waals surface area contributed by atoms with Gasteiger partial charge in [0, 0.05) is 53.8 Å². The molecule has 4 heterocycles. The standard InChI is InChI=1S/C43H27N3S/c1-4-12-28(13-5-1)30-26-36(29-14-6-2-7-15-29)44-40(27-30)46-42-32(20-22-37-34(42)24-25-45(37)31-16-8-3-9-17-31)33-21-23-39-41(43(33)46)35-18-10-11-19-38(35)47-39/h1-27H. The molecule has 10 rings (SSSR count). The lowest BCUT2D eigenvalue weighted by Crippen LogP contribution is -2.01. The second kappa shape index (κ2) is 10.3. The fraction of sp³-hybridized carbons (Fsp3) is 0. The molecule has 0 unspecified atom stereocenters. The van der Waals surface area contributed by atoms with Crippen molar-refractivity contribution in [3.05, 3.63) is 164 Å². The zero-order chi connectivity index (χ0) is 30.9. The third-order valence-electron chi connectivity index (χ3n) is 9.35. The molecule has 47 heavy (non-hydrogen) atoms. The van der Waals surface area contributed by atoms with Crippen molar-refractivity contribution >= 4 is 64.2 Å². The van der Waals surface area contributed by atoms with E-state index in [1.807, 2.05) is 11.3 Å². The topological polar surface area (TPSA) is 22.8 Å². The van der Waals surface area contributed by atoms with Gasteiger partial charge in [-0.2, -0.15) is 0 Å². The molecule has 0 radical (unpaired) electrons. The molecule has 0 atom stereocenters. The van der Waals surface area contributed by atoms with Gasteiger partial charge in [-0.1, -0.05) is 109 Å². The Balaban J connectivity index is 1.40. The monoisotopic (exact) mass is 617 g/mol. The summed E-state index contributed by atoms with van der Waals surface area (Å²) in [5.74, 6) is 0.910.